The fourth-order valence-electron chi connectivity index (χ4n) is 5.60. The van der Waals surface area contributed by atoms with Gasteiger partial charge in [-0.05, 0) is 19.2 Å². The summed E-state index contributed by atoms with van der Waals surface area (Å²) in [6.07, 6.45) is 3.66. The molecule has 43 heavy (non-hydrogen) atoms. The van der Waals surface area contributed by atoms with Crippen LogP contribution in [0.4, 0.5) is 10.1 Å². The molecule has 6 rings (SSSR count). The van der Waals surface area contributed by atoms with Gasteiger partial charge in [0.05, 0.1) is 22.8 Å². The first-order valence-electron chi connectivity index (χ1n) is 13.6. The van der Waals surface area contributed by atoms with Crippen molar-refractivity contribution in [3.8, 4) is 23.6 Å². The van der Waals surface area contributed by atoms with Crippen molar-refractivity contribution in [2.75, 3.05) is 58.3 Å². The van der Waals surface area contributed by atoms with Crippen LogP contribution in [0, 0.1) is 17.1 Å². The highest BCUT2D eigenvalue weighted by molar-refractivity contribution is 6.33. The number of hydrogen-bond donors (Lipinski definition) is 1. The molecule has 222 valence electrons. The molecular formula is C29H28ClFN8O4. The van der Waals surface area contributed by atoms with E-state index in [-0.39, 0.29) is 45.6 Å². The predicted octanol–water partition coefficient (Wildman–Crippen LogP) is 3.50. The number of likely N-dealkylation sites (tertiary alicyclic amines) is 1. The summed E-state index contributed by atoms with van der Waals surface area (Å²) in [6.45, 7) is 6.56. The average molecular weight is 607 g/mol. The third-order valence-corrected chi connectivity index (χ3v) is 8.11. The number of carbonyl (C=O) groups excluding carboxylic acids is 1. The number of H-pyrrole nitrogens is 1. The zero-order chi connectivity index (χ0) is 30.2. The average Bonchev–Trinajstić information content (AvgIpc) is 3.63. The Morgan fingerprint density at radius 3 is 2.72 bits per heavy atom. The van der Waals surface area contributed by atoms with Crippen LogP contribution in [-0.4, -0.2) is 102 Å². The number of nitrogens with one attached hydrogen (secondary N) is 1. The Bertz CT molecular complexity index is 1770. The lowest BCUT2D eigenvalue weighted by molar-refractivity contribution is -0.126. The molecule has 2 atom stereocenters. The van der Waals surface area contributed by atoms with Crippen molar-refractivity contribution in [1.82, 2.24) is 30.0 Å². The van der Waals surface area contributed by atoms with E-state index in [9.17, 15) is 14.4 Å². The summed E-state index contributed by atoms with van der Waals surface area (Å²) in [6, 6.07) is 5.27. The standard InChI is InChI=1S/C29H28ClFN8O4/c1-4-23(40)38-7-9-39(10-8-38)26-16-5-6-33-29(43-27-18-13-34-36-20(18)11-19(31)24(27)30)25(16)35-28(17(26)12-32)42-22-15-37(2)14-21(22)41-3/h4-6,11,13,21-22H,1,7-10,14-15H2,2-3H3,(H,34,36)/t21-,22-/m1/s1. The Morgan fingerprint density at radius 1 is 1.23 bits per heavy atom. The number of anilines is 1. The van der Waals surface area contributed by atoms with E-state index in [0.29, 0.717) is 61.2 Å². The summed E-state index contributed by atoms with van der Waals surface area (Å²) in [5.41, 5.74) is 1.48. The van der Waals surface area contributed by atoms with E-state index in [1.54, 1.807) is 18.1 Å². The highest BCUT2D eigenvalue weighted by Gasteiger charge is 2.35. The largest absolute Gasteiger partial charge is 0.469 e. The van der Waals surface area contributed by atoms with E-state index in [1.807, 2.05) is 11.9 Å². The first-order chi connectivity index (χ1) is 20.8. The number of aromatic nitrogens is 4. The molecule has 4 aromatic rings. The Labute approximate surface area is 251 Å². The van der Waals surface area contributed by atoms with Crippen LogP contribution in [0.25, 0.3) is 21.8 Å². The number of hydrogen-bond acceptors (Lipinski definition) is 10. The van der Waals surface area contributed by atoms with Crippen LogP contribution in [-0.2, 0) is 9.53 Å². The zero-order valence-electron chi connectivity index (χ0n) is 23.5. The molecule has 2 fully saturated rings. The molecule has 0 aliphatic carbocycles. The van der Waals surface area contributed by atoms with Gasteiger partial charge in [0.1, 0.15) is 40.2 Å². The van der Waals surface area contributed by atoms with Crippen molar-refractivity contribution in [2.45, 2.75) is 12.2 Å². The normalized spacial score (nSPS) is 19.1. The van der Waals surface area contributed by atoms with Crippen LogP contribution in [0.15, 0.2) is 37.2 Å². The molecule has 12 nitrogen and oxygen atoms in total. The summed E-state index contributed by atoms with van der Waals surface area (Å²) in [7, 11) is 3.57. The molecule has 1 N–H and O–H groups in total. The van der Waals surface area contributed by atoms with Crippen molar-refractivity contribution < 1.29 is 23.4 Å². The minimum absolute atomic E-state index is 0.0222. The van der Waals surface area contributed by atoms with Crippen molar-refractivity contribution in [1.29, 1.82) is 5.26 Å². The van der Waals surface area contributed by atoms with Crippen LogP contribution >= 0.6 is 11.6 Å². The van der Waals surface area contributed by atoms with Gasteiger partial charge < -0.3 is 24.0 Å². The molecule has 1 aromatic carbocycles. The molecule has 0 saturated carbocycles. The van der Waals surface area contributed by atoms with Crippen LogP contribution in [0.5, 0.6) is 17.5 Å². The summed E-state index contributed by atoms with van der Waals surface area (Å²) in [4.78, 5) is 27.2. The van der Waals surface area contributed by atoms with Gasteiger partial charge in [0, 0.05) is 64.0 Å². The molecule has 0 spiro atoms. The van der Waals surface area contributed by atoms with Crippen LogP contribution < -0.4 is 14.4 Å². The van der Waals surface area contributed by atoms with Crippen molar-refractivity contribution in [3.63, 3.8) is 0 Å². The first kappa shape index (κ1) is 28.6. The zero-order valence-corrected chi connectivity index (χ0v) is 24.3. The van der Waals surface area contributed by atoms with Crippen LogP contribution in [0.2, 0.25) is 5.02 Å². The lowest BCUT2D eigenvalue weighted by Gasteiger charge is -2.36. The van der Waals surface area contributed by atoms with Gasteiger partial charge in [-0.2, -0.15) is 10.4 Å². The number of aromatic amines is 1. The minimum Gasteiger partial charge on any atom is -0.469 e. The van der Waals surface area contributed by atoms with Gasteiger partial charge in [0.2, 0.25) is 17.7 Å². The maximum atomic E-state index is 14.7. The number of ether oxygens (including phenoxy) is 3. The number of pyridine rings is 2. The first-order valence-corrected chi connectivity index (χ1v) is 14.0. The second-order valence-corrected chi connectivity index (χ2v) is 10.7. The van der Waals surface area contributed by atoms with Gasteiger partial charge in [-0.3, -0.25) is 14.8 Å². The molecule has 3 aromatic heterocycles. The number of carbonyl (C=O) groups is 1. The van der Waals surface area contributed by atoms with Gasteiger partial charge in [0.15, 0.2) is 5.75 Å². The van der Waals surface area contributed by atoms with Gasteiger partial charge in [-0.15, -0.1) is 0 Å². The van der Waals surface area contributed by atoms with Gasteiger partial charge in [0.25, 0.3) is 0 Å². The Kier molecular flexibility index (Phi) is 7.74. The van der Waals surface area contributed by atoms with Crippen LogP contribution in [0.3, 0.4) is 0 Å². The monoisotopic (exact) mass is 606 g/mol. The Morgan fingerprint density at radius 2 is 2.00 bits per heavy atom. The van der Waals surface area contributed by atoms with Gasteiger partial charge >= 0.3 is 0 Å². The Balaban J connectivity index is 1.50. The minimum atomic E-state index is -0.694. The van der Waals surface area contributed by atoms with E-state index >= 15 is 0 Å². The SMILES string of the molecule is C=CC(=O)N1CCN(c2c(C#N)c(O[C@@H]3CN(C)C[C@H]3OC)nc3c(Oc4c(Cl)c(F)cc5[nH]ncc45)nccc23)CC1. The highest BCUT2D eigenvalue weighted by atomic mass is 35.5. The van der Waals surface area contributed by atoms with E-state index in [0.717, 1.165) is 0 Å². The molecule has 14 heteroatoms. The second kappa shape index (κ2) is 11.6. The van der Waals surface area contributed by atoms with E-state index in [1.165, 1.54) is 24.5 Å². The molecule has 2 aliphatic heterocycles. The number of benzene rings is 1. The summed E-state index contributed by atoms with van der Waals surface area (Å²) in [5, 5.41) is 17.9. The summed E-state index contributed by atoms with van der Waals surface area (Å²) in [5.74, 6) is -0.698. The van der Waals surface area contributed by atoms with Gasteiger partial charge in [-0.25, -0.2) is 14.4 Å². The predicted molar refractivity (Wildman–Crippen MR) is 157 cm³/mol. The molecule has 0 radical (unpaired) electrons. The maximum Gasteiger partial charge on any atom is 0.246 e. The lowest BCUT2D eigenvalue weighted by Crippen LogP contribution is -2.48. The molecule has 5 heterocycles. The molecule has 2 saturated heterocycles. The number of rotatable bonds is 7. The number of methoxy groups -OCH3 is 1. The molecule has 1 amide bonds. The summed E-state index contributed by atoms with van der Waals surface area (Å²) < 4.78 is 32.9. The lowest BCUT2D eigenvalue weighted by atomic mass is 10.1. The number of fused-ring (bicyclic) bond motifs is 2. The fraction of sp³-hybridized carbons (Fsp3) is 0.345. The molecular weight excluding hydrogens is 579 g/mol. The quantitative estimate of drug-likeness (QED) is 0.312. The second-order valence-electron chi connectivity index (χ2n) is 10.4. The van der Waals surface area contributed by atoms with Crippen molar-refractivity contribution in [3.05, 3.63) is 53.6 Å². The topological polar surface area (TPSA) is 133 Å². The number of nitrogens with zero attached hydrogens (tertiary/aromatic N) is 7. The number of amides is 1. The van der Waals surface area contributed by atoms with E-state index < -0.39 is 11.9 Å². The van der Waals surface area contributed by atoms with Crippen molar-refractivity contribution in [2.24, 2.45) is 0 Å². The maximum absolute atomic E-state index is 14.7. The van der Waals surface area contributed by atoms with Gasteiger partial charge in [-0.1, -0.05) is 18.2 Å². The van der Waals surface area contributed by atoms with E-state index in [4.69, 9.17) is 30.8 Å². The number of piperazine rings is 1. The number of likely N-dealkylation sites (N-methyl/N-ethyl adjacent to an activating group) is 1. The fourth-order valence-corrected chi connectivity index (χ4v) is 5.80. The smallest absolute Gasteiger partial charge is 0.246 e. The number of nitriles is 1. The molecule has 0 unspecified atom stereocenters. The third kappa shape index (κ3) is 5.18. The Hall–Kier alpha value is -4.51. The highest BCUT2D eigenvalue weighted by Crippen LogP contribution is 2.42. The third-order valence-electron chi connectivity index (χ3n) is 7.76. The van der Waals surface area contributed by atoms with Crippen molar-refractivity contribution >= 4 is 45.0 Å². The number of halogens is 2. The molecule has 0 bridgehead atoms. The molecule has 2 aliphatic rings. The summed E-state index contributed by atoms with van der Waals surface area (Å²) >= 11 is 6.35. The van der Waals surface area contributed by atoms with E-state index in [2.05, 4.69) is 32.7 Å². The van der Waals surface area contributed by atoms with Crippen LogP contribution in [0.1, 0.15) is 5.56 Å².